The zero-order chi connectivity index (χ0) is 16.6. The number of amides is 1. The number of benzene rings is 2. The summed E-state index contributed by atoms with van der Waals surface area (Å²) in [7, 11) is 0. The fraction of sp³-hybridized carbons (Fsp3) is 0.381. The van der Waals surface area contributed by atoms with Crippen molar-refractivity contribution in [3.05, 3.63) is 65.7 Å². The van der Waals surface area contributed by atoms with E-state index in [-0.39, 0.29) is 5.41 Å². The largest absolute Gasteiger partial charge is 0.399 e. The lowest BCUT2D eigenvalue weighted by atomic mass is 9.68. The monoisotopic (exact) mass is 320 g/mol. The molecule has 0 atom stereocenters. The SMILES string of the molecule is Nc1ccc(CN(Cc2ccccc2)C(=O)C23CCC(C2)C3)cc1. The molecule has 24 heavy (non-hydrogen) atoms. The van der Waals surface area contributed by atoms with Gasteiger partial charge >= 0.3 is 0 Å². The van der Waals surface area contributed by atoms with Gasteiger partial charge in [-0.15, -0.1) is 0 Å². The van der Waals surface area contributed by atoms with Crippen molar-refractivity contribution in [2.45, 2.75) is 38.8 Å². The van der Waals surface area contributed by atoms with Crippen LogP contribution in [-0.4, -0.2) is 10.8 Å². The molecule has 0 aliphatic heterocycles. The predicted molar refractivity (Wildman–Crippen MR) is 95.9 cm³/mol. The van der Waals surface area contributed by atoms with E-state index in [0.717, 1.165) is 36.4 Å². The van der Waals surface area contributed by atoms with E-state index < -0.39 is 0 Å². The Kier molecular flexibility index (Phi) is 3.79. The van der Waals surface area contributed by atoms with Gasteiger partial charge in [0.2, 0.25) is 5.91 Å². The molecule has 0 heterocycles. The van der Waals surface area contributed by atoms with Crippen molar-refractivity contribution in [2.75, 3.05) is 5.73 Å². The normalized spacial score (nSPS) is 24.4. The topological polar surface area (TPSA) is 46.3 Å². The molecule has 2 bridgehead atoms. The Morgan fingerprint density at radius 2 is 1.62 bits per heavy atom. The lowest BCUT2D eigenvalue weighted by Gasteiger charge is -2.41. The van der Waals surface area contributed by atoms with Crippen LogP contribution in [0.5, 0.6) is 0 Å². The van der Waals surface area contributed by atoms with Gasteiger partial charge in [0.1, 0.15) is 0 Å². The third-order valence-electron chi connectivity index (χ3n) is 5.70. The minimum absolute atomic E-state index is 0.0622. The molecule has 2 N–H and O–H groups in total. The summed E-state index contributed by atoms with van der Waals surface area (Å²) >= 11 is 0. The van der Waals surface area contributed by atoms with Crippen LogP contribution in [0.4, 0.5) is 5.69 Å². The number of nitrogen functional groups attached to an aromatic ring is 1. The van der Waals surface area contributed by atoms with E-state index in [1.54, 1.807) is 0 Å². The molecule has 0 radical (unpaired) electrons. The average molecular weight is 320 g/mol. The van der Waals surface area contributed by atoms with Gasteiger partial charge in [-0.3, -0.25) is 4.79 Å². The molecule has 0 spiro atoms. The molecular weight excluding hydrogens is 296 g/mol. The summed E-state index contributed by atoms with van der Waals surface area (Å²) in [5.41, 5.74) is 8.81. The smallest absolute Gasteiger partial charge is 0.229 e. The summed E-state index contributed by atoms with van der Waals surface area (Å²) in [5.74, 6) is 1.14. The van der Waals surface area contributed by atoms with Crippen LogP contribution in [0.15, 0.2) is 54.6 Å². The molecule has 1 amide bonds. The molecule has 3 aliphatic carbocycles. The van der Waals surface area contributed by atoms with Crippen LogP contribution < -0.4 is 5.73 Å². The van der Waals surface area contributed by atoms with Crippen LogP contribution in [0.3, 0.4) is 0 Å². The lowest BCUT2D eigenvalue weighted by molar-refractivity contribution is -0.147. The van der Waals surface area contributed by atoms with Crippen LogP contribution in [0.2, 0.25) is 0 Å². The van der Waals surface area contributed by atoms with Crippen LogP contribution in [-0.2, 0) is 17.9 Å². The highest BCUT2D eigenvalue weighted by atomic mass is 16.2. The number of hydrogen-bond acceptors (Lipinski definition) is 2. The summed E-state index contributed by atoms with van der Waals surface area (Å²) < 4.78 is 0. The zero-order valence-electron chi connectivity index (χ0n) is 13.9. The molecule has 3 fully saturated rings. The average Bonchev–Trinajstić information content (AvgIpc) is 3.18. The summed E-state index contributed by atoms with van der Waals surface area (Å²) in [5, 5.41) is 0. The van der Waals surface area contributed by atoms with Crippen molar-refractivity contribution >= 4 is 11.6 Å². The van der Waals surface area contributed by atoms with Gasteiger partial charge in [0.15, 0.2) is 0 Å². The zero-order valence-corrected chi connectivity index (χ0v) is 13.9. The molecule has 0 unspecified atom stereocenters. The first-order chi connectivity index (χ1) is 11.6. The molecule has 5 rings (SSSR count). The fourth-order valence-corrected chi connectivity index (χ4v) is 4.40. The van der Waals surface area contributed by atoms with Gasteiger partial charge in [-0.2, -0.15) is 0 Å². The Morgan fingerprint density at radius 1 is 1.00 bits per heavy atom. The van der Waals surface area contributed by atoms with Crippen molar-refractivity contribution < 1.29 is 4.79 Å². The molecule has 0 aromatic heterocycles. The molecule has 3 heteroatoms. The molecule has 3 nitrogen and oxygen atoms in total. The third-order valence-corrected chi connectivity index (χ3v) is 5.70. The lowest BCUT2D eigenvalue weighted by Crippen LogP contribution is -2.46. The number of anilines is 1. The quantitative estimate of drug-likeness (QED) is 0.847. The van der Waals surface area contributed by atoms with E-state index in [2.05, 4.69) is 12.1 Å². The van der Waals surface area contributed by atoms with Crippen LogP contribution in [0.25, 0.3) is 0 Å². The fourth-order valence-electron chi connectivity index (χ4n) is 4.40. The Bertz CT molecular complexity index is 712. The van der Waals surface area contributed by atoms with Crippen LogP contribution in [0.1, 0.15) is 36.8 Å². The van der Waals surface area contributed by atoms with Gasteiger partial charge in [-0.25, -0.2) is 0 Å². The number of carbonyl (C=O) groups is 1. The highest BCUT2D eigenvalue weighted by molar-refractivity contribution is 5.84. The highest BCUT2D eigenvalue weighted by Crippen LogP contribution is 2.59. The molecule has 2 aromatic carbocycles. The van der Waals surface area contributed by atoms with E-state index >= 15 is 0 Å². The van der Waals surface area contributed by atoms with E-state index in [1.165, 1.54) is 12.0 Å². The third kappa shape index (κ3) is 2.79. The van der Waals surface area contributed by atoms with Crippen LogP contribution in [0, 0.1) is 11.3 Å². The van der Waals surface area contributed by atoms with E-state index in [9.17, 15) is 4.79 Å². The highest BCUT2D eigenvalue weighted by Gasteiger charge is 2.56. The van der Waals surface area contributed by atoms with E-state index in [1.807, 2.05) is 47.4 Å². The Morgan fingerprint density at radius 3 is 2.21 bits per heavy atom. The number of nitrogens with zero attached hydrogens (tertiary/aromatic N) is 1. The minimum Gasteiger partial charge on any atom is -0.399 e. The molecule has 124 valence electrons. The van der Waals surface area contributed by atoms with E-state index in [0.29, 0.717) is 19.0 Å². The predicted octanol–water partition coefficient (Wildman–Crippen LogP) is 3.99. The van der Waals surface area contributed by atoms with Crippen molar-refractivity contribution in [2.24, 2.45) is 11.3 Å². The van der Waals surface area contributed by atoms with Crippen LogP contribution >= 0.6 is 0 Å². The molecule has 0 saturated heterocycles. The Hall–Kier alpha value is -2.29. The number of hydrogen-bond donors (Lipinski definition) is 1. The summed E-state index contributed by atoms with van der Waals surface area (Å²) in [4.78, 5) is 15.3. The number of carbonyl (C=O) groups excluding carboxylic acids is 1. The molecule has 3 aliphatic rings. The first-order valence-electron chi connectivity index (χ1n) is 8.82. The Balaban J connectivity index is 1.56. The van der Waals surface area contributed by atoms with Gasteiger partial charge in [0, 0.05) is 24.2 Å². The first-order valence-corrected chi connectivity index (χ1v) is 8.82. The molecule has 2 aromatic rings. The van der Waals surface area contributed by atoms with Crippen molar-refractivity contribution in [3.8, 4) is 0 Å². The summed E-state index contributed by atoms with van der Waals surface area (Å²) in [6.07, 6.45) is 4.49. The Labute approximate surface area is 143 Å². The van der Waals surface area contributed by atoms with E-state index in [4.69, 9.17) is 5.73 Å². The van der Waals surface area contributed by atoms with Gasteiger partial charge in [-0.1, -0.05) is 42.5 Å². The standard InChI is InChI=1S/C21H24N2O/c22-19-8-6-17(7-9-19)15-23(14-16-4-2-1-3-5-16)20(24)21-11-10-18(12-21)13-21/h1-9,18H,10-15,22H2. The maximum absolute atomic E-state index is 13.3. The summed E-state index contributed by atoms with van der Waals surface area (Å²) in [6.45, 7) is 1.33. The van der Waals surface area contributed by atoms with Gasteiger partial charge < -0.3 is 10.6 Å². The van der Waals surface area contributed by atoms with Crippen molar-refractivity contribution in [1.82, 2.24) is 4.90 Å². The van der Waals surface area contributed by atoms with Crippen molar-refractivity contribution in [3.63, 3.8) is 0 Å². The molecule has 3 saturated carbocycles. The second kappa shape index (κ2) is 5.97. The minimum atomic E-state index is -0.0622. The van der Waals surface area contributed by atoms with Gasteiger partial charge in [0.05, 0.1) is 0 Å². The number of nitrogens with two attached hydrogens (primary N) is 1. The number of fused-ring (bicyclic) bond motifs is 1. The summed E-state index contributed by atoms with van der Waals surface area (Å²) in [6, 6.07) is 18.2. The maximum atomic E-state index is 13.3. The van der Waals surface area contributed by atoms with Gasteiger partial charge in [-0.05, 0) is 54.9 Å². The maximum Gasteiger partial charge on any atom is 0.229 e. The van der Waals surface area contributed by atoms with Gasteiger partial charge in [0.25, 0.3) is 0 Å². The second-order valence-electron chi connectivity index (χ2n) is 7.48. The van der Waals surface area contributed by atoms with Crippen molar-refractivity contribution in [1.29, 1.82) is 0 Å². The first kappa shape index (κ1) is 15.3. The number of rotatable bonds is 5. The second-order valence-corrected chi connectivity index (χ2v) is 7.48. The molecular formula is C21H24N2O.